The third kappa shape index (κ3) is 5.33. The molecule has 1 N–H and O–H groups in total. The highest BCUT2D eigenvalue weighted by atomic mass is 32.2. The van der Waals surface area contributed by atoms with Gasteiger partial charge >= 0.3 is 0 Å². The highest BCUT2D eigenvalue weighted by Crippen LogP contribution is 2.16. The predicted octanol–water partition coefficient (Wildman–Crippen LogP) is 1.77. The molecule has 9 heteroatoms. The monoisotopic (exact) mass is 391 g/mol. The van der Waals surface area contributed by atoms with Crippen LogP contribution >= 0.6 is 0 Å². The summed E-state index contributed by atoms with van der Waals surface area (Å²) in [5.74, 6) is 0. The first kappa shape index (κ1) is 19.4. The number of sulfonamides is 1. The van der Waals surface area contributed by atoms with Gasteiger partial charge in [0.1, 0.15) is 0 Å². The molecule has 2 aromatic rings. The van der Waals surface area contributed by atoms with E-state index in [9.17, 15) is 18.5 Å². The summed E-state index contributed by atoms with van der Waals surface area (Å²) in [6, 6.07) is 14.9. The molecule has 1 saturated heterocycles. The fourth-order valence-electron chi connectivity index (χ4n) is 2.92. The Bertz CT molecular complexity index is 872. The highest BCUT2D eigenvalue weighted by Gasteiger charge is 2.23. The number of nitrogens with zero attached hydrogens (tertiary/aromatic N) is 2. The molecule has 0 aliphatic carbocycles. The normalized spacial score (nSPS) is 18.3. The molecule has 1 fully saturated rings. The molecule has 27 heavy (non-hydrogen) atoms. The Labute approximate surface area is 158 Å². The molecular weight excluding hydrogens is 370 g/mol. The van der Waals surface area contributed by atoms with Crippen LogP contribution in [0.4, 0.5) is 5.69 Å². The number of ether oxygens (including phenoxy) is 1. The molecule has 1 aliphatic heterocycles. The fraction of sp³-hybridized carbons (Fsp3) is 0.333. The molecule has 144 valence electrons. The molecular formula is C18H21N3O5S. The van der Waals surface area contributed by atoms with E-state index in [-0.39, 0.29) is 23.2 Å². The first-order valence-corrected chi connectivity index (χ1v) is 10.0. The minimum absolute atomic E-state index is 0.00921. The molecule has 1 aliphatic rings. The van der Waals surface area contributed by atoms with E-state index in [0.29, 0.717) is 13.2 Å². The summed E-state index contributed by atoms with van der Waals surface area (Å²) >= 11 is 0. The van der Waals surface area contributed by atoms with E-state index in [0.717, 1.165) is 13.1 Å². The Kier molecular flexibility index (Phi) is 6.17. The van der Waals surface area contributed by atoms with Crippen molar-refractivity contribution in [1.29, 1.82) is 0 Å². The summed E-state index contributed by atoms with van der Waals surface area (Å²) in [5.41, 5.74) is 1.05. The first-order valence-electron chi connectivity index (χ1n) is 8.56. The maximum Gasteiger partial charge on any atom is 0.269 e. The van der Waals surface area contributed by atoms with Gasteiger partial charge in [0.05, 0.1) is 22.5 Å². The lowest BCUT2D eigenvalue weighted by atomic mass is 10.2. The van der Waals surface area contributed by atoms with Crippen molar-refractivity contribution < 1.29 is 18.1 Å². The molecule has 8 nitrogen and oxygen atoms in total. The number of nitro benzene ring substituents is 1. The number of hydrogen-bond donors (Lipinski definition) is 1. The van der Waals surface area contributed by atoms with Gasteiger partial charge < -0.3 is 4.74 Å². The SMILES string of the molecule is O=[N+]([O-])c1ccc(S(=O)(=O)NCC2CN(Cc3ccccc3)CCO2)cc1. The topological polar surface area (TPSA) is 102 Å². The van der Waals surface area contributed by atoms with Gasteiger partial charge in [0, 0.05) is 38.3 Å². The molecule has 0 spiro atoms. The smallest absolute Gasteiger partial charge is 0.269 e. The average Bonchev–Trinajstić information content (AvgIpc) is 2.68. The van der Waals surface area contributed by atoms with Crippen LogP contribution in [0, 0.1) is 10.1 Å². The number of hydrogen-bond acceptors (Lipinski definition) is 6. The van der Waals surface area contributed by atoms with Gasteiger partial charge in [-0.1, -0.05) is 30.3 Å². The van der Waals surface area contributed by atoms with E-state index >= 15 is 0 Å². The average molecular weight is 391 g/mol. The van der Waals surface area contributed by atoms with Gasteiger partial charge in [0.25, 0.3) is 5.69 Å². The number of nitro groups is 1. The molecule has 0 amide bonds. The minimum atomic E-state index is -3.75. The Balaban J connectivity index is 1.56. The third-order valence-corrected chi connectivity index (χ3v) is 5.77. The van der Waals surface area contributed by atoms with Crippen molar-refractivity contribution in [3.63, 3.8) is 0 Å². The highest BCUT2D eigenvalue weighted by molar-refractivity contribution is 7.89. The molecule has 1 unspecified atom stereocenters. The lowest BCUT2D eigenvalue weighted by Gasteiger charge is -2.33. The number of morpholine rings is 1. The summed E-state index contributed by atoms with van der Waals surface area (Å²) in [6.07, 6.45) is -0.254. The van der Waals surface area contributed by atoms with Gasteiger partial charge in [-0.2, -0.15) is 0 Å². The number of nitrogens with one attached hydrogen (secondary N) is 1. The van der Waals surface area contributed by atoms with Crippen LogP contribution in [0.5, 0.6) is 0 Å². The molecule has 0 saturated carbocycles. The Hall–Kier alpha value is -2.33. The lowest BCUT2D eigenvalue weighted by molar-refractivity contribution is -0.384. The van der Waals surface area contributed by atoms with Crippen molar-refractivity contribution in [2.75, 3.05) is 26.2 Å². The van der Waals surface area contributed by atoms with Crippen molar-refractivity contribution in [3.8, 4) is 0 Å². The second-order valence-corrected chi connectivity index (χ2v) is 8.08. The number of benzene rings is 2. The Morgan fingerprint density at radius 2 is 1.85 bits per heavy atom. The molecule has 0 radical (unpaired) electrons. The fourth-order valence-corrected chi connectivity index (χ4v) is 3.99. The van der Waals surface area contributed by atoms with Gasteiger partial charge in [-0.25, -0.2) is 13.1 Å². The minimum Gasteiger partial charge on any atom is -0.374 e. The quantitative estimate of drug-likeness (QED) is 0.570. The van der Waals surface area contributed by atoms with Crippen LogP contribution in [-0.4, -0.2) is 50.6 Å². The van der Waals surface area contributed by atoms with Crippen molar-refractivity contribution in [2.45, 2.75) is 17.5 Å². The van der Waals surface area contributed by atoms with Crippen LogP contribution in [-0.2, 0) is 21.3 Å². The van der Waals surface area contributed by atoms with Crippen molar-refractivity contribution in [1.82, 2.24) is 9.62 Å². The van der Waals surface area contributed by atoms with Crippen molar-refractivity contribution in [2.24, 2.45) is 0 Å². The molecule has 0 aromatic heterocycles. The van der Waals surface area contributed by atoms with Crippen molar-refractivity contribution >= 4 is 15.7 Å². The van der Waals surface area contributed by atoms with Crippen LogP contribution in [0.15, 0.2) is 59.5 Å². The predicted molar refractivity (Wildman–Crippen MR) is 99.7 cm³/mol. The van der Waals surface area contributed by atoms with Crippen LogP contribution in [0.2, 0.25) is 0 Å². The zero-order chi connectivity index (χ0) is 19.3. The van der Waals surface area contributed by atoms with Crippen molar-refractivity contribution in [3.05, 3.63) is 70.3 Å². The molecule has 1 heterocycles. The summed E-state index contributed by atoms with van der Waals surface area (Å²) in [5, 5.41) is 10.7. The number of non-ortho nitro benzene ring substituents is 1. The van der Waals surface area contributed by atoms with Crippen LogP contribution in [0.25, 0.3) is 0 Å². The first-order chi connectivity index (χ1) is 12.9. The summed E-state index contributed by atoms with van der Waals surface area (Å²) in [6.45, 7) is 2.88. The zero-order valence-electron chi connectivity index (χ0n) is 14.7. The van der Waals surface area contributed by atoms with Gasteiger partial charge in [0.15, 0.2) is 0 Å². The molecule has 1 atom stereocenters. The van der Waals surface area contributed by atoms with E-state index in [1.54, 1.807) is 0 Å². The Morgan fingerprint density at radius 1 is 1.15 bits per heavy atom. The summed E-state index contributed by atoms with van der Waals surface area (Å²) in [7, 11) is -3.75. The van der Waals surface area contributed by atoms with E-state index in [4.69, 9.17) is 4.74 Å². The summed E-state index contributed by atoms with van der Waals surface area (Å²) in [4.78, 5) is 12.3. The third-order valence-electron chi connectivity index (χ3n) is 4.33. The van der Waals surface area contributed by atoms with Gasteiger partial charge in [0.2, 0.25) is 10.0 Å². The second kappa shape index (κ2) is 8.57. The van der Waals surface area contributed by atoms with E-state index in [1.807, 2.05) is 18.2 Å². The molecule has 0 bridgehead atoms. The van der Waals surface area contributed by atoms with E-state index in [1.165, 1.54) is 29.8 Å². The van der Waals surface area contributed by atoms with Crippen LogP contribution in [0.3, 0.4) is 0 Å². The van der Waals surface area contributed by atoms with Crippen LogP contribution < -0.4 is 4.72 Å². The van der Waals surface area contributed by atoms with Gasteiger partial charge in [-0.15, -0.1) is 0 Å². The number of rotatable bonds is 7. The van der Waals surface area contributed by atoms with Gasteiger partial charge in [-0.3, -0.25) is 15.0 Å². The molecule has 2 aromatic carbocycles. The van der Waals surface area contributed by atoms with Gasteiger partial charge in [-0.05, 0) is 17.7 Å². The molecule has 3 rings (SSSR count). The van der Waals surface area contributed by atoms with Crippen LogP contribution in [0.1, 0.15) is 5.56 Å². The second-order valence-electron chi connectivity index (χ2n) is 6.32. The Morgan fingerprint density at radius 3 is 2.52 bits per heavy atom. The lowest BCUT2D eigenvalue weighted by Crippen LogP contribution is -2.47. The maximum atomic E-state index is 12.4. The summed E-state index contributed by atoms with van der Waals surface area (Å²) < 4.78 is 33.0. The maximum absolute atomic E-state index is 12.4. The zero-order valence-corrected chi connectivity index (χ0v) is 15.5. The van der Waals surface area contributed by atoms with E-state index < -0.39 is 14.9 Å². The van der Waals surface area contributed by atoms with E-state index in [2.05, 4.69) is 21.8 Å². The largest absolute Gasteiger partial charge is 0.374 e. The standard InChI is InChI=1S/C18H21N3O5S/c22-21(23)16-6-8-18(9-7-16)27(24,25)19-12-17-14-20(10-11-26-17)13-15-4-2-1-3-5-15/h1-9,17,19H,10-14H2.